The molecule has 4 heteroatoms. The maximum absolute atomic E-state index is 11.4. The van der Waals surface area contributed by atoms with E-state index in [1.807, 2.05) is 30.3 Å². The van der Waals surface area contributed by atoms with E-state index in [4.69, 9.17) is 9.84 Å². The van der Waals surface area contributed by atoms with Gasteiger partial charge in [0.05, 0.1) is 0 Å². The van der Waals surface area contributed by atoms with E-state index < -0.39 is 5.97 Å². The molecule has 0 unspecified atom stereocenters. The number of benzene rings is 1. The molecule has 0 aliphatic carbocycles. The minimum absolute atomic E-state index is 0.00514. The highest BCUT2D eigenvalue weighted by Crippen LogP contribution is 2.17. The van der Waals surface area contributed by atoms with E-state index in [-0.39, 0.29) is 24.9 Å². The SMILES string of the molecule is C[C@H](OC(=O)CCCC(=O)O)c1ccccc1. The Balaban J connectivity index is 2.34. The van der Waals surface area contributed by atoms with Crippen LogP contribution in [0.15, 0.2) is 30.3 Å². The predicted octanol–water partition coefficient (Wildman–Crippen LogP) is 2.55. The molecule has 0 radical (unpaired) electrons. The largest absolute Gasteiger partial charge is 0.481 e. The van der Waals surface area contributed by atoms with E-state index in [0.717, 1.165) is 5.56 Å². The van der Waals surface area contributed by atoms with Gasteiger partial charge in [-0.15, -0.1) is 0 Å². The van der Waals surface area contributed by atoms with E-state index in [1.54, 1.807) is 6.92 Å². The summed E-state index contributed by atoms with van der Waals surface area (Å²) < 4.78 is 5.19. The first kappa shape index (κ1) is 13.2. The zero-order valence-electron chi connectivity index (χ0n) is 9.76. The summed E-state index contributed by atoms with van der Waals surface area (Å²) in [4.78, 5) is 21.7. The zero-order chi connectivity index (χ0) is 12.7. The molecule has 1 atom stereocenters. The van der Waals surface area contributed by atoms with Gasteiger partial charge in [0.2, 0.25) is 0 Å². The molecular formula is C13H16O4. The van der Waals surface area contributed by atoms with Gasteiger partial charge < -0.3 is 9.84 Å². The van der Waals surface area contributed by atoms with Gasteiger partial charge in [0.15, 0.2) is 0 Å². The van der Waals surface area contributed by atoms with Crippen molar-refractivity contribution < 1.29 is 19.4 Å². The average Bonchev–Trinajstić information content (AvgIpc) is 2.29. The van der Waals surface area contributed by atoms with Crippen molar-refractivity contribution >= 4 is 11.9 Å². The number of esters is 1. The molecule has 0 heterocycles. The molecule has 0 aliphatic rings. The molecule has 1 aromatic carbocycles. The van der Waals surface area contributed by atoms with E-state index in [2.05, 4.69) is 0 Å². The quantitative estimate of drug-likeness (QED) is 0.771. The number of ether oxygens (including phenoxy) is 1. The second-order valence-electron chi connectivity index (χ2n) is 3.79. The molecule has 0 saturated carbocycles. The normalized spacial score (nSPS) is 11.8. The van der Waals surface area contributed by atoms with Crippen LogP contribution in [-0.2, 0) is 14.3 Å². The lowest BCUT2D eigenvalue weighted by Crippen LogP contribution is -2.09. The number of rotatable bonds is 6. The first-order valence-corrected chi connectivity index (χ1v) is 5.56. The number of carboxylic acid groups (broad SMARTS) is 1. The fraction of sp³-hybridized carbons (Fsp3) is 0.385. The Hall–Kier alpha value is -1.84. The van der Waals surface area contributed by atoms with Gasteiger partial charge in [-0.05, 0) is 18.9 Å². The second kappa shape index (κ2) is 6.68. The van der Waals surface area contributed by atoms with E-state index in [0.29, 0.717) is 6.42 Å². The van der Waals surface area contributed by atoms with Crippen molar-refractivity contribution in [1.82, 2.24) is 0 Å². The minimum atomic E-state index is -0.895. The van der Waals surface area contributed by atoms with Crippen LogP contribution >= 0.6 is 0 Å². The monoisotopic (exact) mass is 236 g/mol. The smallest absolute Gasteiger partial charge is 0.306 e. The fourth-order valence-corrected chi connectivity index (χ4v) is 1.43. The molecule has 0 bridgehead atoms. The number of hydrogen-bond acceptors (Lipinski definition) is 3. The number of hydrogen-bond donors (Lipinski definition) is 1. The van der Waals surface area contributed by atoms with Crippen LogP contribution in [-0.4, -0.2) is 17.0 Å². The lowest BCUT2D eigenvalue weighted by Gasteiger charge is -2.13. The Morgan fingerprint density at radius 2 is 1.88 bits per heavy atom. The van der Waals surface area contributed by atoms with Crippen LogP contribution in [0.1, 0.15) is 37.9 Å². The molecule has 1 rings (SSSR count). The third-order valence-electron chi connectivity index (χ3n) is 2.35. The summed E-state index contributed by atoms with van der Waals surface area (Å²) in [6, 6.07) is 9.42. The van der Waals surface area contributed by atoms with Crippen molar-refractivity contribution in [1.29, 1.82) is 0 Å². The number of aliphatic carboxylic acids is 1. The lowest BCUT2D eigenvalue weighted by molar-refractivity contribution is -0.148. The molecule has 0 spiro atoms. The standard InChI is InChI=1S/C13H16O4/c1-10(11-6-3-2-4-7-11)17-13(16)9-5-8-12(14)15/h2-4,6-7,10H,5,8-9H2,1H3,(H,14,15)/t10-/m0/s1. The van der Waals surface area contributed by atoms with Crippen molar-refractivity contribution in [2.75, 3.05) is 0 Å². The lowest BCUT2D eigenvalue weighted by atomic mass is 10.1. The molecule has 1 N–H and O–H groups in total. The molecule has 1 aromatic rings. The molecule has 0 amide bonds. The Labute approximate surface area is 100 Å². The Kier molecular flexibility index (Phi) is 5.20. The molecule has 0 saturated heterocycles. The summed E-state index contributed by atoms with van der Waals surface area (Å²) in [6.07, 6.45) is 0.155. The molecule has 0 aliphatic heterocycles. The van der Waals surface area contributed by atoms with E-state index in [9.17, 15) is 9.59 Å². The molecule has 92 valence electrons. The average molecular weight is 236 g/mol. The van der Waals surface area contributed by atoms with E-state index >= 15 is 0 Å². The van der Waals surface area contributed by atoms with Crippen molar-refractivity contribution in [2.45, 2.75) is 32.3 Å². The van der Waals surface area contributed by atoms with Crippen molar-refractivity contribution in [3.05, 3.63) is 35.9 Å². The van der Waals surface area contributed by atoms with Gasteiger partial charge in [-0.1, -0.05) is 30.3 Å². The fourth-order valence-electron chi connectivity index (χ4n) is 1.43. The van der Waals surface area contributed by atoms with Gasteiger partial charge in [-0.25, -0.2) is 0 Å². The summed E-state index contributed by atoms with van der Waals surface area (Å²) in [7, 11) is 0. The zero-order valence-corrected chi connectivity index (χ0v) is 9.76. The Morgan fingerprint density at radius 3 is 2.47 bits per heavy atom. The molecule has 4 nitrogen and oxygen atoms in total. The maximum Gasteiger partial charge on any atom is 0.306 e. The highest BCUT2D eigenvalue weighted by molar-refractivity contribution is 5.71. The van der Waals surface area contributed by atoms with Crippen LogP contribution in [0.5, 0.6) is 0 Å². The van der Waals surface area contributed by atoms with Crippen LogP contribution in [0.4, 0.5) is 0 Å². The Morgan fingerprint density at radius 1 is 1.24 bits per heavy atom. The summed E-state index contributed by atoms with van der Waals surface area (Å²) in [5.74, 6) is -1.25. The van der Waals surface area contributed by atoms with Gasteiger partial charge in [-0.2, -0.15) is 0 Å². The van der Waals surface area contributed by atoms with Crippen molar-refractivity contribution in [3.8, 4) is 0 Å². The van der Waals surface area contributed by atoms with Gasteiger partial charge in [0.25, 0.3) is 0 Å². The first-order valence-electron chi connectivity index (χ1n) is 5.56. The summed E-state index contributed by atoms with van der Waals surface area (Å²) in [6.45, 7) is 1.80. The van der Waals surface area contributed by atoms with Crippen LogP contribution in [0, 0.1) is 0 Å². The van der Waals surface area contributed by atoms with Crippen LogP contribution in [0.3, 0.4) is 0 Å². The molecule has 0 fully saturated rings. The second-order valence-corrected chi connectivity index (χ2v) is 3.79. The summed E-state index contributed by atoms with van der Waals surface area (Å²) in [5.41, 5.74) is 0.930. The number of carbonyl (C=O) groups is 2. The Bertz CT molecular complexity index is 372. The van der Waals surface area contributed by atoms with Gasteiger partial charge in [0, 0.05) is 12.8 Å². The van der Waals surface area contributed by atoms with Crippen LogP contribution in [0.2, 0.25) is 0 Å². The molecule has 0 aromatic heterocycles. The van der Waals surface area contributed by atoms with Gasteiger partial charge in [-0.3, -0.25) is 9.59 Å². The first-order chi connectivity index (χ1) is 8.09. The topological polar surface area (TPSA) is 63.6 Å². The predicted molar refractivity (Wildman–Crippen MR) is 62.4 cm³/mol. The van der Waals surface area contributed by atoms with Crippen LogP contribution in [0.25, 0.3) is 0 Å². The van der Waals surface area contributed by atoms with Crippen molar-refractivity contribution in [3.63, 3.8) is 0 Å². The third kappa shape index (κ3) is 5.15. The summed E-state index contributed by atoms with van der Waals surface area (Å²) >= 11 is 0. The number of carbonyl (C=O) groups excluding carboxylic acids is 1. The summed E-state index contributed by atoms with van der Waals surface area (Å²) in [5, 5.41) is 8.43. The molecular weight excluding hydrogens is 220 g/mol. The highest BCUT2D eigenvalue weighted by atomic mass is 16.5. The van der Waals surface area contributed by atoms with Gasteiger partial charge in [0.1, 0.15) is 6.10 Å². The van der Waals surface area contributed by atoms with Crippen LogP contribution < -0.4 is 0 Å². The molecule has 17 heavy (non-hydrogen) atoms. The number of carboxylic acids is 1. The van der Waals surface area contributed by atoms with E-state index in [1.165, 1.54) is 0 Å². The maximum atomic E-state index is 11.4. The third-order valence-corrected chi connectivity index (χ3v) is 2.35. The minimum Gasteiger partial charge on any atom is -0.481 e. The highest BCUT2D eigenvalue weighted by Gasteiger charge is 2.11. The van der Waals surface area contributed by atoms with Crippen molar-refractivity contribution in [2.24, 2.45) is 0 Å². The van der Waals surface area contributed by atoms with Gasteiger partial charge >= 0.3 is 11.9 Å².